The SMILES string of the molecule is C1=CC(c2cc3ccccc3o2)CCC1. The van der Waals surface area contributed by atoms with Crippen LogP contribution in [-0.2, 0) is 0 Å². The summed E-state index contributed by atoms with van der Waals surface area (Å²) in [4.78, 5) is 0. The van der Waals surface area contributed by atoms with Crippen molar-refractivity contribution in [1.82, 2.24) is 0 Å². The lowest BCUT2D eigenvalue weighted by molar-refractivity contribution is 0.496. The molecule has 1 aromatic carbocycles. The second kappa shape index (κ2) is 3.58. The van der Waals surface area contributed by atoms with Gasteiger partial charge in [0.1, 0.15) is 11.3 Å². The van der Waals surface area contributed by atoms with E-state index in [2.05, 4.69) is 30.4 Å². The van der Waals surface area contributed by atoms with E-state index in [0.717, 1.165) is 11.3 Å². The summed E-state index contributed by atoms with van der Waals surface area (Å²) in [6, 6.07) is 10.4. The molecule has 76 valence electrons. The van der Waals surface area contributed by atoms with Crippen LogP contribution in [-0.4, -0.2) is 0 Å². The second-order valence-corrected chi connectivity index (χ2v) is 4.15. The number of allylic oxidation sites excluding steroid dienone is 2. The first-order valence-corrected chi connectivity index (χ1v) is 5.58. The summed E-state index contributed by atoms with van der Waals surface area (Å²) in [5, 5.41) is 1.21. The third-order valence-corrected chi connectivity index (χ3v) is 3.06. The van der Waals surface area contributed by atoms with Crippen molar-refractivity contribution in [2.75, 3.05) is 0 Å². The summed E-state index contributed by atoms with van der Waals surface area (Å²) in [6.07, 6.45) is 8.26. The molecule has 0 bridgehead atoms. The molecular formula is C14H14O. The van der Waals surface area contributed by atoms with Crippen LogP contribution in [0.5, 0.6) is 0 Å². The predicted octanol–water partition coefficient (Wildman–Crippen LogP) is 4.26. The summed E-state index contributed by atoms with van der Waals surface area (Å²) >= 11 is 0. The number of para-hydroxylation sites is 1. The number of hydrogen-bond acceptors (Lipinski definition) is 1. The largest absolute Gasteiger partial charge is 0.460 e. The van der Waals surface area contributed by atoms with Crippen LogP contribution in [0.25, 0.3) is 11.0 Å². The molecule has 1 heterocycles. The Hall–Kier alpha value is -1.50. The zero-order chi connectivity index (χ0) is 10.1. The van der Waals surface area contributed by atoms with Gasteiger partial charge in [0.2, 0.25) is 0 Å². The molecule has 0 spiro atoms. The Morgan fingerprint density at radius 3 is 2.93 bits per heavy atom. The molecule has 1 aromatic heterocycles. The molecule has 15 heavy (non-hydrogen) atoms. The number of fused-ring (bicyclic) bond motifs is 1. The Labute approximate surface area is 89.4 Å². The lowest BCUT2D eigenvalue weighted by Gasteiger charge is -2.12. The number of rotatable bonds is 1. The fourth-order valence-corrected chi connectivity index (χ4v) is 2.23. The molecule has 0 amide bonds. The molecule has 1 unspecified atom stereocenters. The Morgan fingerprint density at radius 1 is 1.20 bits per heavy atom. The van der Waals surface area contributed by atoms with E-state index in [1.54, 1.807) is 0 Å². The third-order valence-electron chi connectivity index (χ3n) is 3.06. The van der Waals surface area contributed by atoms with E-state index in [-0.39, 0.29) is 0 Å². The maximum absolute atomic E-state index is 5.86. The molecule has 0 N–H and O–H groups in total. The molecule has 1 nitrogen and oxygen atoms in total. The van der Waals surface area contributed by atoms with Gasteiger partial charge in [0.25, 0.3) is 0 Å². The quantitative estimate of drug-likeness (QED) is 0.624. The highest BCUT2D eigenvalue weighted by molar-refractivity contribution is 5.77. The molecule has 1 atom stereocenters. The minimum Gasteiger partial charge on any atom is -0.460 e. The first-order chi connectivity index (χ1) is 7.43. The van der Waals surface area contributed by atoms with Gasteiger partial charge in [-0.05, 0) is 31.4 Å². The highest BCUT2D eigenvalue weighted by Gasteiger charge is 2.15. The van der Waals surface area contributed by atoms with Crippen molar-refractivity contribution in [3.8, 4) is 0 Å². The summed E-state index contributed by atoms with van der Waals surface area (Å²) < 4.78 is 5.86. The van der Waals surface area contributed by atoms with Gasteiger partial charge in [-0.3, -0.25) is 0 Å². The molecule has 0 saturated heterocycles. The van der Waals surface area contributed by atoms with Crippen molar-refractivity contribution in [1.29, 1.82) is 0 Å². The van der Waals surface area contributed by atoms with Crippen molar-refractivity contribution in [2.24, 2.45) is 0 Å². The minimum atomic E-state index is 0.492. The summed E-state index contributed by atoms with van der Waals surface area (Å²) in [5.41, 5.74) is 1.01. The monoisotopic (exact) mass is 198 g/mol. The average Bonchev–Trinajstić information content (AvgIpc) is 2.74. The van der Waals surface area contributed by atoms with Crippen molar-refractivity contribution in [3.05, 3.63) is 48.2 Å². The molecule has 0 aliphatic heterocycles. The van der Waals surface area contributed by atoms with E-state index in [1.807, 2.05) is 12.1 Å². The zero-order valence-corrected chi connectivity index (χ0v) is 8.65. The van der Waals surface area contributed by atoms with Crippen LogP contribution in [0.3, 0.4) is 0 Å². The van der Waals surface area contributed by atoms with E-state index in [0.29, 0.717) is 5.92 Å². The van der Waals surface area contributed by atoms with Crippen LogP contribution in [0.4, 0.5) is 0 Å². The molecule has 0 saturated carbocycles. The maximum atomic E-state index is 5.86. The van der Waals surface area contributed by atoms with Gasteiger partial charge < -0.3 is 4.42 Å². The highest BCUT2D eigenvalue weighted by Crippen LogP contribution is 2.31. The fraction of sp³-hybridized carbons (Fsp3) is 0.286. The molecule has 1 heteroatoms. The van der Waals surface area contributed by atoms with E-state index in [1.165, 1.54) is 24.6 Å². The van der Waals surface area contributed by atoms with Gasteiger partial charge in [0.15, 0.2) is 0 Å². The Bertz CT molecular complexity index is 460. The van der Waals surface area contributed by atoms with Crippen LogP contribution in [0.1, 0.15) is 30.9 Å². The summed E-state index contributed by atoms with van der Waals surface area (Å²) in [7, 11) is 0. The predicted molar refractivity (Wildman–Crippen MR) is 61.9 cm³/mol. The van der Waals surface area contributed by atoms with E-state index < -0.39 is 0 Å². The summed E-state index contributed by atoms with van der Waals surface area (Å²) in [5.74, 6) is 1.61. The van der Waals surface area contributed by atoms with E-state index in [4.69, 9.17) is 4.42 Å². The minimum absolute atomic E-state index is 0.492. The topological polar surface area (TPSA) is 13.1 Å². The molecule has 0 fully saturated rings. The molecule has 1 aliphatic rings. The van der Waals surface area contributed by atoms with Crippen LogP contribution < -0.4 is 0 Å². The van der Waals surface area contributed by atoms with Crippen molar-refractivity contribution in [3.63, 3.8) is 0 Å². The van der Waals surface area contributed by atoms with Gasteiger partial charge in [-0.25, -0.2) is 0 Å². The molecule has 1 aliphatic carbocycles. The molecular weight excluding hydrogens is 184 g/mol. The van der Waals surface area contributed by atoms with Gasteiger partial charge in [0, 0.05) is 11.3 Å². The van der Waals surface area contributed by atoms with Crippen molar-refractivity contribution >= 4 is 11.0 Å². The standard InChI is InChI=1S/C14H14O/c1-2-6-11(7-3-1)14-10-12-8-4-5-9-13(12)15-14/h2,4-6,8-11H,1,3,7H2. The normalized spacial score (nSPS) is 20.9. The van der Waals surface area contributed by atoms with Crippen LogP contribution in [0.15, 0.2) is 46.9 Å². The van der Waals surface area contributed by atoms with Crippen molar-refractivity contribution < 1.29 is 4.42 Å². The average molecular weight is 198 g/mol. The third kappa shape index (κ3) is 1.58. The highest BCUT2D eigenvalue weighted by atomic mass is 16.3. The van der Waals surface area contributed by atoms with Gasteiger partial charge in [0.05, 0.1) is 0 Å². The zero-order valence-electron chi connectivity index (χ0n) is 8.65. The van der Waals surface area contributed by atoms with E-state index in [9.17, 15) is 0 Å². The number of benzene rings is 1. The smallest absolute Gasteiger partial charge is 0.134 e. The lowest BCUT2D eigenvalue weighted by Crippen LogP contribution is -1.96. The Kier molecular flexibility index (Phi) is 2.09. The van der Waals surface area contributed by atoms with Gasteiger partial charge in [-0.1, -0.05) is 30.4 Å². The van der Waals surface area contributed by atoms with Crippen molar-refractivity contribution in [2.45, 2.75) is 25.2 Å². The van der Waals surface area contributed by atoms with Gasteiger partial charge in [-0.2, -0.15) is 0 Å². The fourth-order valence-electron chi connectivity index (χ4n) is 2.23. The van der Waals surface area contributed by atoms with Crippen LogP contribution >= 0.6 is 0 Å². The van der Waals surface area contributed by atoms with Gasteiger partial charge >= 0.3 is 0 Å². The number of furan rings is 1. The van der Waals surface area contributed by atoms with E-state index >= 15 is 0 Å². The lowest BCUT2D eigenvalue weighted by atomic mass is 9.94. The second-order valence-electron chi connectivity index (χ2n) is 4.15. The number of hydrogen-bond donors (Lipinski definition) is 0. The van der Waals surface area contributed by atoms with Crippen LogP contribution in [0, 0.1) is 0 Å². The molecule has 3 rings (SSSR count). The first kappa shape index (κ1) is 8.78. The van der Waals surface area contributed by atoms with Crippen LogP contribution in [0.2, 0.25) is 0 Å². The summed E-state index contributed by atoms with van der Waals surface area (Å²) in [6.45, 7) is 0. The maximum Gasteiger partial charge on any atom is 0.134 e. The first-order valence-electron chi connectivity index (χ1n) is 5.58. The molecule has 0 radical (unpaired) electrons. The Morgan fingerprint density at radius 2 is 2.13 bits per heavy atom. The van der Waals surface area contributed by atoms with Gasteiger partial charge in [-0.15, -0.1) is 0 Å². The molecule has 2 aromatic rings. The Balaban J connectivity index is 2.03.